The third kappa shape index (κ3) is 6.34. The quantitative estimate of drug-likeness (QED) is 0.120. The van der Waals surface area contributed by atoms with E-state index in [9.17, 15) is 74.6 Å². The molecule has 0 unspecified atom stereocenters. The minimum Gasteiger partial charge on any atom is -0.494 e. The summed E-state index contributed by atoms with van der Waals surface area (Å²) in [7, 11) is 0. The van der Waals surface area contributed by atoms with Gasteiger partial charge in [0.15, 0.2) is 0 Å². The molecule has 0 fully saturated rings. The van der Waals surface area contributed by atoms with Crippen molar-refractivity contribution in [3.8, 4) is 5.75 Å². The molecule has 0 saturated heterocycles. The number of hydrogen-bond donors (Lipinski definition) is 0. The zero-order chi connectivity index (χ0) is 33.3. The van der Waals surface area contributed by atoms with Gasteiger partial charge in [0, 0.05) is 12.6 Å². The normalized spacial score (nSPS) is 14.8. The molecule has 242 valence electrons. The number of benzene rings is 2. The van der Waals surface area contributed by atoms with E-state index in [1.54, 1.807) is 30.3 Å². The number of rotatable bonds is 13. The van der Waals surface area contributed by atoms with Gasteiger partial charge >= 0.3 is 47.6 Å². The van der Waals surface area contributed by atoms with Crippen LogP contribution in [0.25, 0.3) is 0 Å². The topological polar surface area (TPSA) is 21.6 Å². The summed E-state index contributed by atoms with van der Waals surface area (Å²) in [6.07, 6.45) is -10.3. The molecule has 2 aromatic carbocycles. The molecule has 2 aromatic rings. The van der Waals surface area contributed by atoms with Crippen LogP contribution in [0.4, 0.5) is 80.3 Å². The van der Waals surface area contributed by atoms with Crippen molar-refractivity contribution >= 4 is 11.9 Å². The summed E-state index contributed by atoms with van der Waals surface area (Å²) in [6, 6.07) is 13.6. The second-order valence-corrected chi connectivity index (χ2v) is 8.76. The number of halogens is 17. The van der Waals surface area contributed by atoms with Gasteiger partial charge in [-0.3, -0.25) is 4.99 Å². The number of nitrogens with zero attached hydrogens (tertiary/aromatic N) is 1. The van der Waals surface area contributed by atoms with Crippen molar-refractivity contribution in [3.63, 3.8) is 0 Å². The lowest BCUT2D eigenvalue weighted by molar-refractivity contribution is -0.461. The van der Waals surface area contributed by atoms with Gasteiger partial charge < -0.3 is 4.74 Å². The second kappa shape index (κ2) is 11.7. The number of aliphatic imine (C=N–C) groups is 1. The highest BCUT2D eigenvalue weighted by Gasteiger charge is 2.95. The van der Waals surface area contributed by atoms with E-state index in [1.807, 2.05) is 0 Å². The van der Waals surface area contributed by atoms with Crippen molar-refractivity contribution in [3.05, 3.63) is 60.2 Å². The van der Waals surface area contributed by atoms with E-state index in [1.165, 1.54) is 30.5 Å². The van der Waals surface area contributed by atoms with Crippen LogP contribution < -0.4 is 4.74 Å². The average Bonchev–Trinajstić information content (AvgIpc) is 2.89. The van der Waals surface area contributed by atoms with Crippen molar-refractivity contribution in [1.82, 2.24) is 0 Å². The standard InChI is InChI=1S/C24H16F17NO/c25-17(26,11-4-12-43-16-9-7-14(8-10-16)13-42-15-5-2-1-3-6-15)18(27,28)19(29,30)20(31,32)21(33,34)22(35,36)23(37,38)24(39,40)41/h1-3,5-10,13H,4,11-12H2. The zero-order valence-electron chi connectivity index (χ0n) is 20.7. The van der Waals surface area contributed by atoms with Crippen molar-refractivity contribution < 1.29 is 79.4 Å². The SMILES string of the molecule is FC(F)(F)C(F)(F)C(F)(F)C(F)(F)C(F)(F)C(F)(F)C(F)(F)C(F)(F)CCCOc1ccc(C=Nc2ccccc2)cc1. The molecule has 19 heteroatoms. The van der Waals surface area contributed by atoms with Crippen molar-refractivity contribution in [2.24, 2.45) is 4.99 Å². The van der Waals surface area contributed by atoms with Crippen LogP contribution in [-0.4, -0.2) is 60.5 Å². The molecule has 0 spiro atoms. The Hall–Kier alpha value is -3.28. The van der Waals surface area contributed by atoms with Crippen molar-refractivity contribution in [2.75, 3.05) is 6.61 Å². The number of ether oxygens (including phenoxy) is 1. The van der Waals surface area contributed by atoms with Gasteiger partial charge in [0.25, 0.3) is 0 Å². The molecule has 0 atom stereocenters. The number of alkyl halides is 17. The van der Waals surface area contributed by atoms with Gasteiger partial charge in [-0.1, -0.05) is 18.2 Å². The fraction of sp³-hybridized carbons (Fsp3) is 0.458. The van der Waals surface area contributed by atoms with E-state index in [2.05, 4.69) is 4.99 Å². The molecule has 0 saturated carbocycles. The van der Waals surface area contributed by atoms with Gasteiger partial charge in [-0.25, -0.2) is 0 Å². The average molecular weight is 657 g/mol. The first-order valence-electron chi connectivity index (χ1n) is 11.3. The van der Waals surface area contributed by atoms with E-state index >= 15 is 0 Å². The molecule has 0 aliphatic rings. The van der Waals surface area contributed by atoms with Crippen LogP contribution in [0, 0.1) is 0 Å². The largest absolute Gasteiger partial charge is 0.494 e. The Balaban J connectivity index is 2.14. The monoisotopic (exact) mass is 657 g/mol. The highest BCUT2D eigenvalue weighted by atomic mass is 19.4. The summed E-state index contributed by atoms with van der Waals surface area (Å²) in [5.41, 5.74) is 1.04. The van der Waals surface area contributed by atoms with E-state index < -0.39 is 67.1 Å². The third-order valence-corrected chi connectivity index (χ3v) is 5.69. The minimum absolute atomic E-state index is 0.128. The van der Waals surface area contributed by atoms with Gasteiger partial charge in [-0.15, -0.1) is 0 Å². The van der Waals surface area contributed by atoms with Crippen LogP contribution in [0.5, 0.6) is 5.75 Å². The maximum Gasteiger partial charge on any atom is 0.460 e. The summed E-state index contributed by atoms with van der Waals surface area (Å²) >= 11 is 0. The van der Waals surface area contributed by atoms with Crippen LogP contribution in [0.3, 0.4) is 0 Å². The lowest BCUT2D eigenvalue weighted by Crippen LogP contribution is -2.74. The molecular weight excluding hydrogens is 641 g/mol. The summed E-state index contributed by atoms with van der Waals surface area (Å²) in [6.45, 7) is -1.02. The molecule has 0 bridgehead atoms. The molecule has 0 amide bonds. The zero-order valence-corrected chi connectivity index (χ0v) is 20.7. The molecule has 2 rings (SSSR count). The van der Waals surface area contributed by atoms with E-state index in [-0.39, 0.29) is 5.75 Å². The van der Waals surface area contributed by atoms with E-state index in [4.69, 9.17) is 4.74 Å². The first kappa shape index (κ1) is 35.9. The highest BCUT2D eigenvalue weighted by Crippen LogP contribution is 2.64. The second-order valence-electron chi connectivity index (χ2n) is 8.76. The lowest BCUT2D eigenvalue weighted by atomic mass is 9.88. The molecule has 2 nitrogen and oxygen atoms in total. The predicted octanol–water partition coefficient (Wildman–Crippen LogP) is 9.61. The van der Waals surface area contributed by atoms with Gasteiger partial charge in [0.2, 0.25) is 0 Å². The van der Waals surface area contributed by atoms with Crippen LogP contribution in [0.15, 0.2) is 59.6 Å². The summed E-state index contributed by atoms with van der Waals surface area (Å²) < 4.78 is 231. The lowest BCUT2D eigenvalue weighted by Gasteiger charge is -2.42. The first-order valence-corrected chi connectivity index (χ1v) is 11.3. The molecule has 0 aliphatic heterocycles. The summed E-state index contributed by atoms with van der Waals surface area (Å²) in [5, 5.41) is 0. The molecule has 0 aromatic heterocycles. The molecule has 43 heavy (non-hydrogen) atoms. The van der Waals surface area contributed by atoms with E-state index in [0.29, 0.717) is 11.3 Å². The van der Waals surface area contributed by atoms with E-state index in [0.717, 1.165) is 0 Å². The highest BCUT2D eigenvalue weighted by molar-refractivity contribution is 5.82. The minimum atomic E-state index is -8.64. The molecular formula is C24H16F17NO. The summed E-state index contributed by atoms with van der Waals surface area (Å²) in [4.78, 5) is 4.11. The van der Waals surface area contributed by atoms with Crippen LogP contribution in [0.2, 0.25) is 0 Å². The maximum atomic E-state index is 13.9. The number of hydrogen-bond acceptors (Lipinski definition) is 2. The van der Waals surface area contributed by atoms with Gasteiger partial charge in [0.1, 0.15) is 5.75 Å². The Kier molecular flexibility index (Phi) is 9.74. The van der Waals surface area contributed by atoms with Crippen LogP contribution in [0.1, 0.15) is 18.4 Å². The van der Waals surface area contributed by atoms with Crippen molar-refractivity contribution in [1.29, 1.82) is 0 Å². The Morgan fingerprint density at radius 2 is 0.977 bits per heavy atom. The Morgan fingerprint density at radius 3 is 1.44 bits per heavy atom. The third-order valence-electron chi connectivity index (χ3n) is 5.69. The number of para-hydroxylation sites is 1. The predicted molar refractivity (Wildman–Crippen MR) is 116 cm³/mol. The van der Waals surface area contributed by atoms with Gasteiger partial charge in [-0.05, 0) is 48.4 Å². The van der Waals surface area contributed by atoms with Gasteiger partial charge in [-0.2, -0.15) is 74.6 Å². The van der Waals surface area contributed by atoms with Crippen molar-refractivity contribution in [2.45, 2.75) is 60.5 Å². The molecule has 0 heterocycles. The Bertz CT molecular complexity index is 1240. The Labute approximate surface area is 230 Å². The smallest absolute Gasteiger partial charge is 0.460 e. The van der Waals surface area contributed by atoms with Crippen LogP contribution in [-0.2, 0) is 0 Å². The van der Waals surface area contributed by atoms with Crippen LogP contribution >= 0.6 is 0 Å². The Morgan fingerprint density at radius 1 is 0.535 bits per heavy atom. The molecule has 0 N–H and O–H groups in total. The fourth-order valence-corrected chi connectivity index (χ4v) is 3.15. The summed E-state index contributed by atoms with van der Waals surface area (Å²) in [5.74, 6) is -56.4. The fourth-order valence-electron chi connectivity index (χ4n) is 3.15. The first-order chi connectivity index (χ1) is 19.3. The molecule has 0 aliphatic carbocycles. The maximum absolute atomic E-state index is 13.9. The van der Waals surface area contributed by atoms with Gasteiger partial charge in [0.05, 0.1) is 12.3 Å². The molecule has 0 radical (unpaired) electrons.